The Balaban J connectivity index is 1.59. The molecule has 2 heterocycles. The molecular weight excluding hydrogens is 318 g/mol. The topological polar surface area (TPSA) is 21.1 Å². The van der Waals surface area contributed by atoms with Gasteiger partial charge in [-0.2, -0.15) is 0 Å². The highest BCUT2D eigenvalue weighted by Crippen LogP contribution is 2.26. The van der Waals surface area contributed by atoms with Crippen molar-refractivity contribution in [2.24, 2.45) is 0 Å². The number of imidazole rings is 1. The zero-order chi connectivity index (χ0) is 16.4. The third-order valence-corrected chi connectivity index (χ3v) is 5.00. The third kappa shape index (κ3) is 3.37. The van der Waals surface area contributed by atoms with E-state index in [9.17, 15) is 0 Å². The van der Waals surface area contributed by atoms with Crippen LogP contribution in [0.1, 0.15) is 16.7 Å². The standard InChI is InChI=1S/C20H20ClN3/c21-19-7-5-16(6-8-19)12-24-13-18-4-2-1-3-17(18)11-20(24)14-23-10-9-22-15-23/h1-10,15,20H,11-14H2/t20-/m0/s1. The zero-order valence-corrected chi connectivity index (χ0v) is 14.2. The molecule has 4 heteroatoms. The number of hydrogen-bond acceptors (Lipinski definition) is 2. The first-order valence-electron chi connectivity index (χ1n) is 8.29. The van der Waals surface area contributed by atoms with Crippen LogP contribution in [-0.2, 0) is 26.1 Å². The van der Waals surface area contributed by atoms with Crippen LogP contribution in [0.4, 0.5) is 0 Å². The van der Waals surface area contributed by atoms with Gasteiger partial charge >= 0.3 is 0 Å². The van der Waals surface area contributed by atoms with Crippen molar-refractivity contribution in [1.29, 1.82) is 0 Å². The molecule has 24 heavy (non-hydrogen) atoms. The minimum atomic E-state index is 0.463. The monoisotopic (exact) mass is 337 g/mol. The average molecular weight is 338 g/mol. The third-order valence-electron chi connectivity index (χ3n) is 4.74. The summed E-state index contributed by atoms with van der Waals surface area (Å²) < 4.78 is 2.17. The Morgan fingerprint density at radius 2 is 1.83 bits per heavy atom. The van der Waals surface area contributed by atoms with Gasteiger partial charge in [0.05, 0.1) is 6.33 Å². The van der Waals surface area contributed by atoms with Crippen molar-refractivity contribution in [3.63, 3.8) is 0 Å². The normalized spacial score (nSPS) is 17.6. The fraction of sp³-hybridized carbons (Fsp3) is 0.250. The Labute approximate surface area is 147 Å². The van der Waals surface area contributed by atoms with Crippen molar-refractivity contribution in [3.8, 4) is 0 Å². The van der Waals surface area contributed by atoms with Crippen LogP contribution in [0.5, 0.6) is 0 Å². The lowest BCUT2D eigenvalue weighted by Gasteiger charge is -2.37. The van der Waals surface area contributed by atoms with Crippen LogP contribution in [0, 0.1) is 0 Å². The highest BCUT2D eigenvalue weighted by molar-refractivity contribution is 6.30. The number of hydrogen-bond donors (Lipinski definition) is 0. The van der Waals surface area contributed by atoms with Gasteiger partial charge in [0.25, 0.3) is 0 Å². The lowest BCUT2D eigenvalue weighted by molar-refractivity contribution is 0.146. The molecule has 0 unspecified atom stereocenters. The molecular formula is C20H20ClN3. The van der Waals surface area contributed by atoms with E-state index in [1.807, 2.05) is 30.9 Å². The molecule has 0 amide bonds. The molecule has 1 aliphatic rings. The molecule has 1 atom stereocenters. The van der Waals surface area contributed by atoms with E-state index in [1.54, 1.807) is 0 Å². The lowest BCUT2D eigenvalue weighted by atomic mass is 9.93. The Kier molecular flexibility index (Phi) is 4.37. The van der Waals surface area contributed by atoms with Crippen molar-refractivity contribution in [1.82, 2.24) is 14.5 Å². The molecule has 1 aliphatic heterocycles. The average Bonchev–Trinajstić information content (AvgIpc) is 3.10. The Hall–Kier alpha value is -2.10. The Morgan fingerprint density at radius 1 is 1.04 bits per heavy atom. The van der Waals surface area contributed by atoms with E-state index in [1.165, 1.54) is 16.7 Å². The van der Waals surface area contributed by atoms with Crippen LogP contribution in [0.2, 0.25) is 5.02 Å². The van der Waals surface area contributed by atoms with E-state index in [0.29, 0.717) is 6.04 Å². The van der Waals surface area contributed by atoms with Gasteiger partial charge in [0, 0.05) is 43.1 Å². The summed E-state index contributed by atoms with van der Waals surface area (Å²) in [7, 11) is 0. The van der Waals surface area contributed by atoms with Crippen LogP contribution in [0.15, 0.2) is 67.3 Å². The number of rotatable bonds is 4. The van der Waals surface area contributed by atoms with Crippen LogP contribution in [0.3, 0.4) is 0 Å². The van der Waals surface area contributed by atoms with Crippen molar-refractivity contribution >= 4 is 11.6 Å². The maximum Gasteiger partial charge on any atom is 0.0946 e. The summed E-state index contributed by atoms with van der Waals surface area (Å²) in [6.45, 7) is 2.88. The Morgan fingerprint density at radius 3 is 2.58 bits per heavy atom. The summed E-state index contributed by atoms with van der Waals surface area (Å²) in [5, 5.41) is 0.790. The van der Waals surface area contributed by atoms with E-state index in [2.05, 4.69) is 50.8 Å². The molecule has 1 aromatic heterocycles. The second-order valence-electron chi connectivity index (χ2n) is 6.42. The summed E-state index contributed by atoms with van der Waals surface area (Å²) >= 11 is 6.02. The summed E-state index contributed by atoms with van der Waals surface area (Å²) in [5.41, 5.74) is 4.21. The maximum atomic E-state index is 6.02. The summed E-state index contributed by atoms with van der Waals surface area (Å²) in [6, 6.07) is 17.4. The van der Waals surface area contributed by atoms with Crippen LogP contribution in [0.25, 0.3) is 0 Å². The molecule has 3 aromatic rings. The number of benzene rings is 2. The van der Waals surface area contributed by atoms with Crippen LogP contribution in [-0.4, -0.2) is 20.5 Å². The predicted octanol–water partition coefficient (Wildman–Crippen LogP) is 4.16. The molecule has 0 saturated heterocycles. The van der Waals surface area contributed by atoms with E-state index in [4.69, 9.17) is 11.6 Å². The number of fused-ring (bicyclic) bond motifs is 1. The second-order valence-corrected chi connectivity index (χ2v) is 6.85. The zero-order valence-electron chi connectivity index (χ0n) is 13.5. The van der Waals surface area contributed by atoms with Gasteiger partial charge in [-0.1, -0.05) is 48.0 Å². The smallest absolute Gasteiger partial charge is 0.0946 e. The minimum absolute atomic E-state index is 0.463. The number of halogens is 1. The van der Waals surface area contributed by atoms with E-state index in [0.717, 1.165) is 31.1 Å². The van der Waals surface area contributed by atoms with E-state index >= 15 is 0 Å². The van der Waals surface area contributed by atoms with E-state index < -0.39 is 0 Å². The highest BCUT2D eigenvalue weighted by Gasteiger charge is 2.26. The molecule has 122 valence electrons. The van der Waals surface area contributed by atoms with Gasteiger partial charge in [-0.15, -0.1) is 0 Å². The molecule has 0 N–H and O–H groups in total. The second kappa shape index (κ2) is 6.80. The van der Waals surface area contributed by atoms with Gasteiger partial charge < -0.3 is 4.57 Å². The van der Waals surface area contributed by atoms with Gasteiger partial charge in [-0.05, 0) is 35.2 Å². The Bertz CT molecular complexity index is 796. The molecule has 0 bridgehead atoms. The fourth-order valence-electron chi connectivity index (χ4n) is 3.47. The van der Waals surface area contributed by atoms with Gasteiger partial charge in [0.15, 0.2) is 0 Å². The molecule has 2 aromatic carbocycles. The minimum Gasteiger partial charge on any atom is -0.336 e. The SMILES string of the molecule is Clc1ccc(CN2Cc3ccccc3C[C@H]2Cn2ccnc2)cc1. The highest BCUT2D eigenvalue weighted by atomic mass is 35.5. The molecule has 0 fully saturated rings. The first-order valence-corrected chi connectivity index (χ1v) is 8.67. The van der Waals surface area contributed by atoms with E-state index in [-0.39, 0.29) is 0 Å². The maximum absolute atomic E-state index is 6.02. The van der Waals surface area contributed by atoms with Crippen molar-refractivity contribution in [2.45, 2.75) is 32.1 Å². The van der Waals surface area contributed by atoms with Gasteiger partial charge in [-0.25, -0.2) is 4.98 Å². The van der Waals surface area contributed by atoms with Gasteiger partial charge in [-0.3, -0.25) is 4.90 Å². The molecule has 0 aliphatic carbocycles. The molecule has 0 spiro atoms. The van der Waals surface area contributed by atoms with Crippen molar-refractivity contribution in [3.05, 3.63) is 89.0 Å². The summed E-state index contributed by atoms with van der Waals surface area (Å²) in [4.78, 5) is 6.74. The lowest BCUT2D eigenvalue weighted by Crippen LogP contribution is -2.42. The molecule has 0 radical (unpaired) electrons. The number of aromatic nitrogens is 2. The van der Waals surface area contributed by atoms with Crippen molar-refractivity contribution < 1.29 is 0 Å². The first kappa shape index (κ1) is 15.4. The van der Waals surface area contributed by atoms with Crippen molar-refractivity contribution in [2.75, 3.05) is 0 Å². The largest absolute Gasteiger partial charge is 0.336 e. The summed E-state index contributed by atoms with van der Waals surface area (Å²) in [5.74, 6) is 0. The van der Waals surface area contributed by atoms with Crippen LogP contribution >= 0.6 is 11.6 Å². The molecule has 4 rings (SSSR count). The van der Waals surface area contributed by atoms with Gasteiger partial charge in [0.1, 0.15) is 0 Å². The van der Waals surface area contributed by atoms with Gasteiger partial charge in [0.2, 0.25) is 0 Å². The molecule has 0 saturated carbocycles. The predicted molar refractivity (Wildman–Crippen MR) is 96.9 cm³/mol. The van der Waals surface area contributed by atoms with Crippen LogP contribution < -0.4 is 0 Å². The fourth-order valence-corrected chi connectivity index (χ4v) is 3.60. The first-order chi connectivity index (χ1) is 11.8. The summed E-state index contributed by atoms with van der Waals surface area (Å²) in [6.07, 6.45) is 6.87. The quantitative estimate of drug-likeness (QED) is 0.712. The molecule has 3 nitrogen and oxygen atoms in total. The number of nitrogens with zero attached hydrogens (tertiary/aromatic N) is 3.